The van der Waals surface area contributed by atoms with Gasteiger partial charge < -0.3 is 68.6 Å². The fourth-order valence-electron chi connectivity index (χ4n) is 9.77. The van der Waals surface area contributed by atoms with E-state index < -0.39 is 125 Å². The lowest BCUT2D eigenvalue weighted by atomic mass is 9.55. The van der Waals surface area contributed by atoms with E-state index in [1.807, 2.05) is 30.3 Å². The highest BCUT2D eigenvalue weighted by Gasteiger charge is 2.73. The van der Waals surface area contributed by atoms with Crippen LogP contribution in [0.15, 0.2) is 103 Å². The van der Waals surface area contributed by atoms with E-state index >= 15 is 4.79 Å². The van der Waals surface area contributed by atoms with E-state index in [1.165, 1.54) is 26.0 Å². The summed E-state index contributed by atoms with van der Waals surface area (Å²) in [6.07, 6.45) is -9.64. The second-order valence-electron chi connectivity index (χ2n) is 21.4. The van der Waals surface area contributed by atoms with Gasteiger partial charge in [-0.15, -0.1) is 0 Å². The van der Waals surface area contributed by atoms with Gasteiger partial charge in [-0.2, -0.15) is 0 Å². The molecule has 2 amide bonds. The molecule has 79 heavy (non-hydrogen) atoms. The molecule has 5 N–H and O–H groups in total. The molecule has 0 saturated carbocycles. The largest absolute Gasteiger partial charge is 0.455 e. The Morgan fingerprint density at radius 2 is 1.42 bits per heavy atom. The van der Waals surface area contributed by atoms with Gasteiger partial charge in [-0.25, -0.2) is 24.0 Å². The number of benzene rings is 3. The Kier molecular flexibility index (Phi) is 21.9. The number of Topliss-reactive ketones (excluding diaryl/α,β-unsaturated/α-hetero) is 1. The first-order valence-electron chi connectivity index (χ1n) is 26.1. The predicted octanol–water partition coefficient (Wildman–Crippen LogP) is 6.00. The van der Waals surface area contributed by atoms with Crippen LogP contribution in [-0.2, 0) is 68.4 Å². The minimum atomic E-state index is -2.46. The predicted molar refractivity (Wildman–Crippen MR) is 282 cm³/mol. The summed E-state index contributed by atoms with van der Waals surface area (Å²) in [7, 11) is 0. The lowest BCUT2D eigenvalue weighted by Crippen LogP contribution is -2.68. The average Bonchev–Trinajstić information content (AvgIpc) is 4.24. The Hall–Kier alpha value is -6.75. The number of epoxide rings is 1. The van der Waals surface area contributed by atoms with Gasteiger partial charge in [0.05, 0.1) is 42.8 Å². The van der Waals surface area contributed by atoms with Gasteiger partial charge in [0.15, 0.2) is 5.78 Å². The number of carbonyl (C=O) groups excluding carboxylic acids is 7. The number of hydrogen-bond acceptors (Lipinski definition) is 19. The zero-order valence-corrected chi connectivity index (χ0v) is 46.5. The summed E-state index contributed by atoms with van der Waals surface area (Å²) >= 11 is 0. The molecule has 1 saturated heterocycles. The molecule has 1 aliphatic heterocycles. The third-order valence-electron chi connectivity index (χ3n) is 13.8. The van der Waals surface area contributed by atoms with E-state index in [2.05, 4.69) is 10.6 Å². The SMILES string of the molecule is CC[C@H](O)[C@@](C)(C(=O)[C@@H](C)O)[C@H]([C@H](OC(=O)c1ccccc1)[C@]1(O)C[C@H](OC(=O)[C@H](OC(=O)COCCOCCNC(=O)OCc2ccccc2)[C@@H](NC(=O)OC(C)(C)C)c2ccccc2)C(C)=CC1(C)C)[C@]1(OC(C)=O)CO1. The van der Waals surface area contributed by atoms with Crippen molar-refractivity contribution in [3.63, 3.8) is 0 Å². The van der Waals surface area contributed by atoms with Gasteiger partial charge >= 0.3 is 36.1 Å². The molecule has 2 aliphatic rings. The van der Waals surface area contributed by atoms with Gasteiger partial charge in [0.2, 0.25) is 11.9 Å². The summed E-state index contributed by atoms with van der Waals surface area (Å²) in [6, 6.07) is 23.4. The molecule has 21 nitrogen and oxygen atoms in total. The van der Waals surface area contributed by atoms with E-state index in [0.29, 0.717) is 5.57 Å². The highest BCUT2D eigenvalue weighted by atomic mass is 16.8. The number of aliphatic hydroxyl groups is 3. The quantitative estimate of drug-likeness (QED) is 0.0192. The number of carbonyl (C=O) groups is 7. The molecule has 21 heteroatoms. The van der Waals surface area contributed by atoms with Gasteiger partial charge in [-0.05, 0) is 76.8 Å². The maximum absolute atomic E-state index is 15.0. The summed E-state index contributed by atoms with van der Waals surface area (Å²) < 4.78 is 52.0. The van der Waals surface area contributed by atoms with E-state index in [4.69, 9.17) is 42.6 Å². The fraction of sp³-hybridized carbons (Fsp3) is 0.534. The van der Waals surface area contributed by atoms with Crippen LogP contribution in [-0.4, -0.2) is 144 Å². The molecule has 0 radical (unpaired) electrons. The Bertz CT molecular complexity index is 2580. The maximum atomic E-state index is 15.0. The van der Waals surface area contributed by atoms with Crippen molar-refractivity contribution in [3.8, 4) is 0 Å². The molecule has 10 atom stereocenters. The topological polar surface area (TPSA) is 291 Å². The first kappa shape index (κ1) is 63.1. The third kappa shape index (κ3) is 16.7. The summed E-state index contributed by atoms with van der Waals surface area (Å²) in [6.45, 7) is 13.8. The van der Waals surface area contributed by atoms with Crippen LogP contribution in [0.1, 0.15) is 110 Å². The average molecular weight is 1110 g/mol. The normalized spacial score (nSPS) is 21.6. The lowest BCUT2D eigenvalue weighted by molar-refractivity contribution is -0.239. The van der Waals surface area contributed by atoms with E-state index in [-0.39, 0.29) is 57.1 Å². The van der Waals surface area contributed by atoms with Crippen LogP contribution in [0.2, 0.25) is 0 Å². The second kappa shape index (κ2) is 27.4. The first-order chi connectivity index (χ1) is 37.2. The van der Waals surface area contributed by atoms with Crippen LogP contribution in [0.3, 0.4) is 0 Å². The van der Waals surface area contributed by atoms with Gasteiger partial charge in [0.25, 0.3) is 0 Å². The van der Waals surface area contributed by atoms with Crippen LogP contribution in [0, 0.1) is 16.7 Å². The van der Waals surface area contributed by atoms with Crippen molar-refractivity contribution in [2.24, 2.45) is 16.7 Å². The van der Waals surface area contributed by atoms with Gasteiger partial charge in [0.1, 0.15) is 55.4 Å². The zero-order chi connectivity index (χ0) is 58.3. The van der Waals surface area contributed by atoms with E-state index in [9.17, 15) is 44.1 Å². The Labute approximate surface area is 460 Å². The Balaban J connectivity index is 1.48. The molecule has 1 fully saturated rings. The van der Waals surface area contributed by atoms with Crippen molar-refractivity contribution in [1.29, 1.82) is 0 Å². The fourth-order valence-corrected chi connectivity index (χ4v) is 9.77. The molecule has 1 heterocycles. The number of esters is 4. The number of amides is 2. The zero-order valence-electron chi connectivity index (χ0n) is 46.5. The van der Waals surface area contributed by atoms with Crippen LogP contribution in [0.4, 0.5) is 9.59 Å². The standard InChI is InChI=1S/C58H76N2O19/c1-11-43(63)56(10,48(65)37(3)61)47(58(35-74-58)78-38(4)62)49(77-50(66)41-25-19-14-20-26-41)57(70)32-42(36(2)31-55(57,8)9)75-51(67)46(45(40-23-17-13-18-24-40)60-53(69)79-54(5,6)7)76-44(64)34-72-30-29-71-28-27-59-52(68)73-33-39-21-15-12-16-22-39/h12-26,31,37,42-43,45-47,49,61,63,70H,11,27-30,32-35H2,1-10H3,(H,59,68)(H,60,69)/t37-,42+,43+,45+,46-,47+,49+,56-,57-,58-/m1/s1. The molecule has 3 aromatic rings. The van der Waals surface area contributed by atoms with Crippen molar-refractivity contribution in [3.05, 3.63) is 119 Å². The number of ketones is 1. The van der Waals surface area contributed by atoms with Crippen LogP contribution < -0.4 is 10.6 Å². The highest BCUT2D eigenvalue weighted by molar-refractivity contribution is 5.91. The molecular weight excluding hydrogens is 1030 g/mol. The summed E-state index contributed by atoms with van der Waals surface area (Å²) in [5.41, 5.74) is -5.73. The lowest BCUT2D eigenvalue weighted by Gasteiger charge is -2.55. The number of aliphatic hydroxyl groups excluding tert-OH is 2. The first-order valence-corrected chi connectivity index (χ1v) is 26.1. The summed E-state index contributed by atoms with van der Waals surface area (Å²) in [5.74, 6) is -9.06. The van der Waals surface area contributed by atoms with Crippen LogP contribution >= 0.6 is 0 Å². The van der Waals surface area contributed by atoms with Crippen molar-refractivity contribution in [2.75, 3.05) is 39.6 Å². The van der Waals surface area contributed by atoms with E-state index in [1.54, 1.807) is 103 Å². The van der Waals surface area contributed by atoms with Crippen LogP contribution in [0.5, 0.6) is 0 Å². The third-order valence-corrected chi connectivity index (χ3v) is 13.8. The monoisotopic (exact) mass is 1100 g/mol. The van der Waals surface area contributed by atoms with Gasteiger partial charge in [-0.3, -0.25) is 9.59 Å². The molecule has 0 spiro atoms. The molecule has 0 aromatic heterocycles. The molecular formula is C58H76N2O19. The molecule has 0 unspecified atom stereocenters. The van der Waals surface area contributed by atoms with Crippen molar-refractivity contribution in [2.45, 2.75) is 142 Å². The number of nitrogens with one attached hydrogen (secondary N) is 2. The van der Waals surface area contributed by atoms with Crippen molar-refractivity contribution >= 4 is 41.8 Å². The number of hydrogen-bond donors (Lipinski definition) is 5. The smallest absolute Gasteiger partial charge is 0.408 e. The molecule has 0 bridgehead atoms. The van der Waals surface area contributed by atoms with Gasteiger partial charge in [0, 0.05) is 25.3 Å². The van der Waals surface area contributed by atoms with Gasteiger partial charge in [-0.1, -0.05) is 106 Å². The second-order valence-corrected chi connectivity index (χ2v) is 21.4. The number of alkyl carbamates (subject to hydrolysis) is 2. The minimum absolute atomic E-state index is 0.00728. The van der Waals surface area contributed by atoms with Crippen molar-refractivity contribution < 1.29 is 91.5 Å². The molecule has 432 valence electrons. The maximum Gasteiger partial charge on any atom is 0.408 e. The van der Waals surface area contributed by atoms with E-state index in [0.717, 1.165) is 12.5 Å². The Morgan fingerprint density at radius 1 is 0.823 bits per heavy atom. The molecule has 5 rings (SSSR count). The molecule has 1 aliphatic carbocycles. The number of rotatable bonds is 27. The highest BCUT2D eigenvalue weighted by Crippen LogP contribution is 2.58. The Morgan fingerprint density at radius 3 is 1.99 bits per heavy atom. The minimum Gasteiger partial charge on any atom is -0.455 e. The van der Waals surface area contributed by atoms with Crippen molar-refractivity contribution in [1.82, 2.24) is 10.6 Å². The van der Waals surface area contributed by atoms with Crippen LogP contribution in [0.25, 0.3) is 0 Å². The number of ether oxygens (including phenoxy) is 9. The summed E-state index contributed by atoms with van der Waals surface area (Å²) in [4.78, 5) is 96.3. The summed E-state index contributed by atoms with van der Waals surface area (Å²) in [5, 5.41) is 41.8. The molecule has 3 aromatic carbocycles.